The molecule has 1 heteroatoms. The van der Waals surface area contributed by atoms with Crippen molar-refractivity contribution >= 4 is 6.08 Å². The van der Waals surface area contributed by atoms with Gasteiger partial charge < -0.3 is 4.74 Å². The number of aryl methyl sites for hydroxylation is 1. The molecule has 0 N–H and O–H groups in total. The van der Waals surface area contributed by atoms with Crippen molar-refractivity contribution in [1.82, 2.24) is 0 Å². The van der Waals surface area contributed by atoms with Gasteiger partial charge in [0.25, 0.3) is 0 Å². The van der Waals surface area contributed by atoms with Crippen LogP contribution in [0.25, 0.3) is 6.08 Å². The normalized spacial score (nSPS) is 9.50. The van der Waals surface area contributed by atoms with E-state index in [9.17, 15) is 0 Å². The minimum absolute atomic E-state index is 0.449. The summed E-state index contributed by atoms with van der Waals surface area (Å²) in [4.78, 5) is 0. The molecule has 0 aliphatic rings. The monoisotopic (exact) mass is 161 g/mol. The highest BCUT2D eigenvalue weighted by molar-refractivity contribution is 5.56. The maximum atomic E-state index is 5.33. The highest BCUT2D eigenvalue weighted by atomic mass is 16.5. The van der Waals surface area contributed by atoms with Gasteiger partial charge in [-0.25, -0.2) is 0 Å². The molecule has 0 aromatic heterocycles. The smallest absolute Gasteiger partial charge is 0.126 e. The molecule has 0 fully saturated rings. The van der Waals surface area contributed by atoms with Crippen LogP contribution in [0, 0.1) is 13.8 Å². The molecule has 0 unspecified atom stereocenters. The third-order valence-corrected chi connectivity index (χ3v) is 1.65. The van der Waals surface area contributed by atoms with Crippen LogP contribution in [0.15, 0.2) is 24.8 Å². The first-order valence-corrected chi connectivity index (χ1v) is 3.93. The van der Waals surface area contributed by atoms with Gasteiger partial charge in [-0.2, -0.15) is 0 Å². The maximum Gasteiger partial charge on any atom is 0.126 e. The molecule has 0 bridgehead atoms. The Hall–Kier alpha value is -1.24. The van der Waals surface area contributed by atoms with Crippen molar-refractivity contribution in [3.63, 3.8) is 0 Å². The number of ether oxygens (including phenoxy) is 1. The van der Waals surface area contributed by atoms with Crippen molar-refractivity contribution in [3.8, 4) is 5.75 Å². The summed E-state index contributed by atoms with van der Waals surface area (Å²) in [6, 6.07) is 6.02. The van der Waals surface area contributed by atoms with Crippen molar-refractivity contribution in [1.29, 1.82) is 0 Å². The van der Waals surface area contributed by atoms with Gasteiger partial charge in [-0.05, 0) is 25.5 Å². The molecule has 0 heterocycles. The summed E-state index contributed by atoms with van der Waals surface area (Å²) in [6.07, 6.45) is 1.78. The van der Waals surface area contributed by atoms with Gasteiger partial charge in [-0.1, -0.05) is 24.8 Å². The number of benzene rings is 1. The molecule has 0 amide bonds. The minimum atomic E-state index is 0.449. The number of hydrogen-bond acceptors (Lipinski definition) is 1. The lowest BCUT2D eigenvalue weighted by Crippen LogP contribution is -1.94. The van der Waals surface area contributed by atoms with Crippen LogP contribution in [-0.4, -0.2) is 6.61 Å². The SMILES string of the molecule is [CH2]COc1cc(C)ccc1C=C. The van der Waals surface area contributed by atoms with Crippen LogP contribution in [0.5, 0.6) is 5.75 Å². The second kappa shape index (κ2) is 3.96. The van der Waals surface area contributed by atoms with Gasteiger partial charge in [-0.15, -0.1) is 0 Å². The lowest BCUT2D eigenvalue weighted by atomic mass is 10.1. The first-order valence-electron chi connectivity index (χ1n) is 3.93. The first-order chi connectivity index (χ1) is 5.77. The topological polar surface area (TPSA) is 9.23 Å². The van der Waals surface area contributed by atoms with Crippen molar-refractivity contribution in [2.24, 2.45) is 0 Å². The lowest BCUT2D eigenvalue weighted by molar-refractivity contribution is 0.360. The molecule has 0 saturated heterocycles. The van der Waals surface area contributed by atoms with Crippen LogP contribution in [0.1, 0.15) is 11.1 Å². The van der Waals surface area contributed by atoms with E-state index in [1.165, 1.54) is 5.56 Å². The fourth-order valence-corrected chi connectivity index (χ4v) is 1.05. The standard InChI is InChI=1S/C11H13O/c1-4-10-7-6-9(3)8-11(10)12-5-2/h4,6-8H,1-2,5H2,3H3. The Morgan fingerprint density at radius 1 is 1.50 bits per heavy atom. The summed E-state index contributed by atoms with van der Waals surface area (Å²) in [5, 5.41) is 0. The highest BCUT2D eigenvalue weighted by Gasteiger charge is 1.98. The third kappa shape index (κ3) is 1.88. The average Bonchev–Trinajstić information content (AvgIpc) is 2.05. The molecule has 0 aliphatic carbocycles. The third-order valence-electron chi connectivity index (χ3n) is 1.65. The average molecular weight is 161 g/mol. The van der Waals surface area contributed by atoms with E-state index >= 15 is 0 Å². The predicted molar refractivity (Wildman–Crippen MR) is 52.1 cm³/mol. The molecule has 0 spiro atoms. The van der Waals surface area contributed by atoms with E-state index in [-0.39, 0.29) is 0 Å². The van der Waals surface area contributed by atoms with Gasteiger partial charge in [0, 0.05) is 5.56 Å². The van der Waals surface area contributed by atoms with Crippen molar-refractivity contribution < 1.29 is 4.74 Å². The van der Waals surface area contributed by atoms with E-state index in [0.717, 1.165) is 11.3 Å². The fourth-order valence-electron chi connectivity index (χ4n) is 1.05. The van der Waals surface area contributed by atoms with E-state index in [4.69, 9.17) is 4.74 Å². The molecule has 63 valence electrons. The van der Waals surface area contributed by atoms with Crippen molar-refractivity contribution in [2.75, 3.05) is 6.61 Å². The number of rotatable bonds is 3. The van der Waals surface area contributed by atoms with Crippen LogP contribution >= 0.6 is 0 Å². The Labute approximate surface area is 73.7 Å². The van der Waals surface area contributed by atoms with Gasteiger partial charge in [0.05, 0.1) is 6.61 Å². The highest BCUT2D eigenvalue weighted by Crippen LogP contribution is 2.20. The molecule has 12 heavy (non-hydrogen) atoms. The van der Waals surface area contributed by atoms with E-state index in [1.54, 1.807) is 6.08 Å². The molecule has 1 aromatic carbocycles. The second-order valence-electron chi connectivity index (χ2n) is 2.59. The van der Waals surface area contributed by atoms with E-state index < -0.39 is 0 Å². The maximum absolute atomic E-state index is 5.33. The van der Waals surface area contributed by atoms with Gasteiger partial charge in [0.1, 0.15) is 5.75 Å². The van der Waals surface area contributed by atoms with E-state index in [0.29, 0.717) is 6.61 Å². The van der Waals surface area contributed by atoms with Gasteiger partial charge in [-0.3, -0.25) is 0 Å². The Bertz CT molecular complexity index is 276. The van der Waals surface area contributed by atoms with Gasteiger partial charge in [0.2, 0.25) is 0 Å². The Kier molecular flexibility index (Phi) is 2.92. The minimum Gasteiger partial charge on any atom is -0.493 e. The summed E-state index contributed by atoms with van der Waals surface area (Å²) in [6.45, 7) is 9.81. The van der Waals surface area contributed by atoms with Crippen LogP contribution in [-0.2, 0) is 0 Å². The molecule has 0 atom stereocenters. The Balaban J connectivity index is 3.03. The second-order valence-corrected chi connectivity index (χ2v) is 2.59. The van der Waals surface area contributed by atoms with Crippen molar-refractivity contribution in [3.05, 3.63) is 42.8 Å². The quantitative estimate of drug-likeness (QED) is 0.662. The summed E-state index contributed by atoms with van der Waals surface area (Å²) >= 11 is 0. The molecule has 1 radical (unpaired) electrons. The van der Waals surface area contributed by atoms with E-state index in [2.05, 4.69) is 13.5 Å². The summed E-state index contributed by atoms with van der Waals surface area (Å²) in [5.74, 6) is 0.861. The van der Waals surface area contributed by atoms with Crippen LogP contribution in [0.3, 0.4) is 0 Å². The Morgan fingerprint density at radius 2 is 2.25 bits per heavy atom. The first kappa shape index (κ1) is 8.85. The summed E-state index contributed by atoms with van der Waals surface area (Å²) < 4.78 is 5.33. The zero-order chi connectivity index (χ0) is 8.97. The zero-order valence-electron chi connectivity index (χ0n) is 7.34. The zero-order valence-corrected chi connectivity index (χ0v) is 7.34. The molecule has 1 aromatic rings. The van der Waals surface area contributed by atoms with Gasteiger partial charge >= 0.3 is 0 Å². The summed E-state index contributed by atoms with van der Waals surface area (Å²) in [5.41, 5.74) is 2.20. The van der Waals surface area contributed by atoms with E-state index in [1.807, 2.05) is 25.1 Å². The predicted octanol–water partition coefficient (Wildman–Crippen LogP) is 2.85. The molecule has 0 saturated carbocycles. The fraction of sp³-hybridized carbons (Fsp3) is 0.182. The largest absolute Gasteiger partial charge is 0.493 e. The molecular formula is C11H13O. The van der Waals surface area contributed by atoms with Crippen molar-refractivity contribution in [2.45, 2.75) is 6.92 Å². The van der Waals surface area contributed by atoms with Crippen LogP contribution in [0.4, 0.5) is 0 Å². The molecule has 0 aliphatic heterocycles. The molecule has 1 rings (SSSR count). The van der Waals surface area contributed by atoms with Gasteiger partial charge in [0.15, 0.2) is 0 Å². The lowest BCUT2D eigenvalue weighted by Gasteiger charge is -2.07. The van der Waals surface area contributed by atoms with Crippen LogP contribution in [0.2, 0.25) is 0 Å². The molecular weight excluding hydrogens is 148 g/mol. The molecule has 1 nitrogen and oxygen atoms in total. The Morgan fingerprint density at radius 3 is 2.83 bits per heavy atom. The summed E-state index contributed by atoms with van der Waals surface area (Å²) in [7, 11) is 0. The van der Waals surface area contributed by atoms with Crippen LogP contribution < -0.4 is 4.74 Å². The number of hydrogen-bond donors (Lipinski definition) is 0.